The summed E-state index contributed by atoms with van der Waals surface area (Å²) in [7, 11) is 0. The minimum Gasteiger partial charge on any atom is -0.494 e. The van der Waals surface area contributed by atoms with Crippen LogP contribution in [-0.2, 0) is 11.2 Å². The van der Waals surface area contributed by atoms with Gasteiger partial charge in [-0.15, -0.1) is 0 Å². The van der Waals surface area contributed by atoms with Crippen molar-refractivity contribution in [3.63, 3.8) is 0 Å². The Hall–Kier alpha value is -1.42. The molecule has 2 atom stereocenters. The number of Topliss-reactive ketones (excluding diaryl/α,β-unsaturated/α-hetero) is 1. The smallest absolute Gasteiger partial charge is 0.139 e. The number of carbonyl (C=O) groups excluding carboxylic acids is 1. The van der Waals surface area contributed by atoms with E-state index in [0.717, 1.165) is 18.7 Å². The lowest BCUT2D eigenvalue weighted by atomic mass is 9.82. The first kappa shape index (κ1) is 14.5. The third-order valence-corrected chi connectivity index (χ3v) is 4.66. The van der Waals surface area contributed by atoms with Crippen LogP contribution in [0, 0.1) is 5.92 Å². The van der Waals surface area contributed by atoms with Crippen LogP contribution in [0.25, 0.3) is 0 Å². The van der Waals surface area contributed by atoms with Gasteiger partial charge >= 0.3 is 0 Å². The normalized spacial score (nSPS) is 25.3. The molecule has 1 aromatic carbocycles. The van der Waals surface area contributed by atoms with E-state index in [1.807, 2.05) is 13.0 Å². The van der Waals surface area contributed by atoms with Gasteiger partial charge in [0.25, 0.3) is 0 Å². The van der Waals surface area contributed by atoms with Crippen molar-refractivity contribution in [3.8, 4) is 5.75 Å². The summed E-state index contributed by atoms with van der Waals surface area (Å²) in [4.78, 5) is 14.6. The van der Waals surface area contributed by atoms with Crippen LogP contribution in [0.1, 0.15) is 36.9 Å². The summed E-state index contributed by atoms with van der Waals surface area (Å²) < 4.78 is 18.1. The largest absolute Gasteiger partial charge is 0.494 e. The molecule has 1 fully saturated rings. The highest BCUT2D eigenvalue weighted by molar-refractivity contribution is 5.83. The highest BCUT2D eigenvalue weighted by atomic mass is 19.1. The van der Waals surface area contributed by atoms with Crippen molar-refractivity contribution in [2.75, 3.05) is 26.4 Å². The molecule has 1 aromatic rings. The number of rotatable bonds is 4. The topological polar surface area (TPSA) is 29.5 Å². The maximum absolute atomic E-state index is 12.5. The van der Waals surface area contributed by atoms with Gasteiger partial charge < -0.3 is 4.74 Å². The molecule has 0 N–H and O–H groups in total. The Balaban J connectivity index is 1.82. The van der Waals surface area contributed by atoms with Gasteiger partial charge in [0.1, 0.15) is 11.5 Å². The number of piperidine rings is 1. The van der Waals surface area contributed by atoms with E-state index >= 15 is 0 Å². The van der Waals surface area contributed by atoms with Crippen LogP contribution in [0.15, 0.2) is 18.2 Å². The zero-order chi connectivity index (χ0) is 14.8. The Morgan fingerprint density at radius 3 is 3.05 bits per heavy atom. The van der Waals surface area contributed by atoms with Gasteiger partial charge in [0.05, 0.1) is 13.3 Å². The van der Waals surface area contributed by atoms with Gasteiger partial charge in [-0.25, -0.2) is 0 Å². The molecule has 3 nitrogen and oxygen atoms in total. The van der Waals surface area contributed by atoms with Crippen LogP contribution < -0.4 is 4.74 Å². The first-order valence-electron chi connectivity index (χ1n) is 7.81. The highest BCUT2D eigenvalue weighted by Gasteiger charge is 2.37. The Morgan fingerprint density at radius 2 is 2.29 bits per heavy atom. The fourth-order valence-corrected chi connectivity index (χ4v) is 3.58. The summed E-state index contributed by atoms with van der Waals surface area (Å²) in [6.07, 6.45) is 1.87. The molecule has 2 aliphatic rings. The highest BCUT2D eigenvalue weighted by Crippen LogP contribution is 2.38. The first-order valence-corrected chi connectivity index (χ1v) is 7.81. The fraction of sp³-hybridized carbons (Fsp3) is 0.588. The van der Waals surface area contributed by atoms with Crippen LogP contribution in [0.3, 0.4) is 0 Å². The Labute approximate surface area is 125 Å². The summed E-state index contributed by atoms with van der Waals surface area (Å²) in [6.45, 7) is 3.90. The third-order valence-electron chi connectivity index (χ3n) is 4.66. The van der Waals surface area contributed by atoms with E-state index in [1.165, 1.54) is 11.1 Å². The summed E-state index contributed by atoms with van der Waals surface area (Å²) >= 11 is 0. The molecule has 1 saturated heterocycles. The first-order chi connectivity index (χ1) is 10.2. The molecule has 3 rings (SSSR count). The van der Waals surface area contributed by atoms with Gasteiger partial charge in [0.15, 0.2) is 0 Å². The molecule has 4 heteroatoms. The quantitative estimate of drug-likeness (QED) is 0.854. The second kappa shape index (κ2) is 6.14. The maximum atomic E-state index is 12.5. The molecule has 0 radical (unpaired) electrons. The van der Waals surface area contributed by atoms with Gasteiger partial charge in [-0.1, -0.05) is 6.07 Å². The number of fused-ring (bicyclic) bond motifs is 3. The third kappa shape index (κ3) is 2.82. The van der Waals surface area contributed by atoms with Crippen LogP contribution in [0.5, 0.6) is 5.75 Å². The number of hydrogen-bond donors (Lipinski definition) is 0. The second-order valence-corrected chi connectivity index (χ2v) is 5.90. The van der Waals surface area contributed by atoms with Crippen molar-refractivity contribution in [2.24, 2.45) is 5.92 Å². The lowest BCUT2D eigenvalue weighted by Crippen LogP contribution is -2.46. The van der Waals surface area contributed by atoms with E-state index < -0.39 is 6.67 Å². The number of ether oxygens (including phenoxy) is 1. The van der Waals surface area contributed by atoms with Crippen molar-refractivity contribution in [3.05, 3.63) is 29.3 Å². The summed E-state index contributed by atoms with van der Waals surface area (Å²) in [5, 5.41) is 0. The minimum atomic E-state index is -0.400. The average molecular weight is 291 g/mol. The predicted molar refractivity (Wildman–Crippen MR) is 79.3 cm³/mol. The van der Waals surface area contributed by atoms with Crippen molar-refractivity contribution in [2.45, 2.75) is 32.2 Å². The lowest BCUT2D eigenvalue weighted by Gasteiger charge is -2.42. The summed E-state index contributed by atoms with van der Waals surface area (Å²) in [5.41, 5.74) is 2.54. The number of halogens is 1. The molecule has 0 aromatic heterocycles. The molecule has 0 spiro atoms. The van der Waals surface area contributed by atoms with E-state index in [1.54, 1.807) is 0 Å². The fourth-order valence-electron chi connectivity index (χ4n) is 3.58. The summed E-state index contributed by atoms with van der Waals surface area (Å²) in [5.74, 6) is 1.01. The van der Waals surface area contributed by atoms with Crippen LogP contribution in [0.2, 0.25) is 0 Å². The zero-order valence-electron chi connectivity index (χ0n) is 12.5. The average Bonchev–Trinajstić information content (AvgIpc) is 2.48. The van der Waals surface area contributed by atoms with Gasteiger partial charge in [0, 0.05) is 31.5 Å². The molecule has 2 heterocycles. The van der Waals surface area contributed by atoms with Crippen LogP contribution in [-0.4, -0.2) is 37.1 Å². The van der Waals surface area contributed by atoms with Crippen molar-refractivity contribution < 1.29 is 13.9 Å². The standard InChI is InChI=1S/C17H22FNO2/c1-2-21-14-3-4-15-12(9-14)6-8-19-11-13(5-7-18)17(20)10-16(15)19/h3-4,9,13,16H,2,5-8,10-11H2,1H3/t13-,16-/m0/s1/i18+0. The van der Waals surface area contributed by atoms with Gasteiger partial charge in [0.2, 0.25) is 0 Å². The minimum absolute atomic E-state index is 0.115. The molecule has 0 unspecified atom stereocenters. The molecule has 0 aliphatic carbocycles. The molecule has 21 heavy (non-hydrogen) atoms. The van der Waals surface area contributed by atoms with Gasteiger partial charge in [-0.3, -0.25) is 14.1 Å². The molecule has 0 saturated carbocycles. The van der Waals surface area contributed by atoms with Gasteiger partial charge in [-0.05, 0) is 43.0 Å². The van der Waals surface area contributed by atoms with E-state index in [2.05, 4.69) is 17.0 Å². The van der Waals surface area contributed by atoms with Crippen molar-refractivity contribution in [1.29, 1.82) is 0 Å². The second-order valence-electron chi connectivity index (χ2n) is 5.90. The molecule has 114 valence electrons. The zero-order valence-corrected chi connectivity index (χ0v) is 12.5. The SMILES string of the molecule is CCOc1ccc2c(c1)CCN1C[C@H](CC[19F])C(=O)C[C@@H]21. The van der Waals surface area contributed by atoms with E-state index in [4.69, 9.17) is 4.74 Å². The molecular formula is C17H22FNO2. The number of ketones is 1. The maximum Gasteiger partial charge on any atom is 0.139 e. The van der Waals surface area contributed by atoms with Crippen LogP contribution >= 0.6 is 0 Å². The number of carbonyl (C=O) groups is 1. The molecule has 0 bridgehead atoms. The molecule has 2 aliphatic heterocycles. The molecule has 0 amide bonds. The number of alkyl halides is 1. The number of nitrogens with zero attached hydrogens (tertiary/aromatic N) is 1. The van der Waals surface area contributed by atoms with Crippen molar-refractivity contribution >= 4 is 5.78 Å². The number of benzene rings is 1. The molecular weight excluding hydrogens is 269 g/mol. The Bertz CT molecular complexity index is 532. The Morgan fingerprint density at radius 1 is 1.43 bits per heavy atom. The summed E-state index contributed by atoms with van der Waals surface area (Å²) in [6, 6.07) is 6.37. The monoisotopic (exact) mass is 291 g/mol. The predicted octanol–water partition coefficient (Wildman–Crippen LogP) is 2.93. The number of hydrogen-bond acceptors (Lipinski definition) is 3. The van der Waals surface area contributed by atoms with Crippen LogP contribution in [0.4, 0.5) is 4.39 Å². The van der Waals surface area contributed by atoms with E-state index in [-0.39, 0.29) is 17.7 Å². The van der Waals surface area contributed by atoms with E-state index in [0.29, 0.717) is 26.0 Å². The lowest BCUT2D eigenvalue weighted by molar-refractivity contribution is -0.129. The van der Waals surface area contributed by atoms with Crippen molar-refractivity contribution in [1.82, 2.24) is 4.90 Å². The van der Waals surface area contributed by atoms with Gasteiger partial charge in [-0.2, -0.15) is 0 Å². The Kier molecular flexibility index (Phi) is 4.24. The van der Waals surface area contributed by atoms with E-state index in [9.17, 15) is 9.18 Å².